The van der Waals surface area contributed by atoms with E-state index in [2.05, 4.69) is 5.32 Å². The summed E-state index contributed by atoms with van der Waals surface area (Å²) in [6, 6.07) is 13.8. The van der Waals surface area contributed by atoms with Crippen molar-refractivity contribution in [2.45, 2.75) is 18.6 Å². The van der Waals surface area contributed by atoms with E-state index in [4.69, 9.17) is 14.2 Å². The van der Waals surface area contributed by atoms with Crippen molar-refractivity contribution in [3.8, 4) is 5.75 Å². The Morgan fingerprint density at radius 3 is 2.73 bits per heavy atom. The van der Waals surface area contributed by atoms with Crippen molar-refractivity contribution in [1.29, 1.82) is 0 Å². The number of carbonyl (C=O) groups excluding carboxylic acids is 3. The summed E-state index contributed by atoms with van der Waals surface area (Å²) in [7, 11) is 1.59. The third kappa shape index (κ3) is 3.47. The average Bonchev–Trinajstić information content (AvgIpc) is 3.47. The van der Waals surface area contributed by atoms with Gasteiger partial charge in [0, 0.05) is 11.4 Å². The van der Waals surface area contributed by atoms with E-state index < -0.39 is 29.5 Å². The minimum absolute atomic E-state index is 0.146. The molecule has 0 aromatic heterocycles. The molecule has 0 saturated carbocycles. The number of fused-ring (bicyclic) bond motifs is 1. The fraction of sp³-hybridized carbons (Fsp3) is 0.320. The number of nitrogens with one attached hydrogen (secondary N) is 1. The van der Waals surface area contributed by atoms with E-state index in [1.165, 1.54) is 0 Å². The van der Waals surface area contributed by atoms with Gasteiger partial charge in [-0.05, 0) is 49.4 Å². The lowest BCUT2D eigenvalue weighted by atomic mass is 9.76. The number of hydrogen-bond donors (Lipinski definition) is 1. The summed E-state index contributed by atoms with van der Waals surface area (Å²) in [4.78, 5) is 40.4. The summed E-state index contributed by atoms with van der Waals surface area (Å²) in [6.45, 7) is 2.34. The van der Waals surface area contributed by atoms with Crippen molar-refractivity contribution in [2.75, 3.05) is 30.5 Å². The summed E-state index contributed by atoms with van der Waals surface area (Å²) >= 11 is 0. The normalized spacial score (nSPS) is 26.9. The summed E-state index contributed by atoms with van der Waals surface area (Å²) in [5, 5.41) is 2.86. The standard InChI is InChI=1S/C25H24N2O6/c1-3-32-24(30)15-5-4-6-16(13-15)26-22(28)20-19-11-12-25(33-19)14-27(23(29)21(20)25)17-7-9-18(31-2)10-8-17/h4-13,19-21H,3,14H2,1-2H3,(H,26,28)/t19-,20-,21+,25+/m1/s1. The van der Waals surface area contributed by atoms with Crippen LogP contribution in [0.5, 0.6) is 5.75 Å². The lowest BCUT2D eigenvalue weighted by Gasteiger charge is -2.23. The predicted octanol–water partition coefficient (Wildman–Crippen LogP) is 2.80. The Labute approximate surface area is 191 Å². The Hall–Kier alpha value is -3.65. The molecule has 8 nitrogen and oxygen atoms in total. The fourth-order valence-corrected chi connectivity index (χ4v) is 4.94. The number of methoxy groups -OCH3 is 1. The maximum absolute atomic E-state index is 13.4. The second-order valence-electron chi connectivity index (χ2n) is 8.31. The molecule has 170 valence electrons. The van der Waals surface area contributed by atoms with E-state index in [1.54, 1.807) is 55.3 Å². The van der Waals surface area contributed by atoms with E-state index in [0.717, 1.165) is 5.69 Å². The zero-order chi connectivity index (χ0) is 23.2. The van der Waals surface area contributed by atoms with Crippen molar-refractivity contribution in [3.05, 3.63) is 66.2 Å². The van der Waals surface area contributed by atoms with Gasteiger partial charge >= 0.3 is 5.97 Å². The maximum atomic E-state index is 13.4. The highest BCUT2D eigenvalue weighted by Crippen LogP contribution is 2.52. The molecule has 2 aromatic carbocycles. The number of ether oxygens (including phenoxy) is 3. The van der Waals surface area contributed by atoms with Gasteiger partial charge in [0.1, 0.15) is 11.4 Å². The van der Waals surface area contributed by atoms with E-state index in [0.29, 0.717) is 23.5 Å². The van der Waals surface area contributed by atoms with Crippen LogP contribution < -0.4 is 15.0 Å². The predicted molar refractivity (Wildman–Crippen MR) is 120 cm³/mol. The van der Waals surface area contributed by atoms with Gasteiger partial charge in [-0.3, -0.25) is 9.59 Å². The number of benzene rings is 2. The van der Waals surface area contributed by atoms with Crippen LogP contribution >= 0.6 is 0 Å². The van der Waals surface area contributed by atoms with Gasteiger partial charge < -0.3 is 24.4 Å². The molecular formula is C25H24N2O6. The van der Waals surface area contributed by atoms with Crippen LogP contribution in [0.1, 0.15) is 17.3 Å². The van der Waals surface area contributed by atoms with Crippen LogP contribution in [0, 0.1) is 11.8 Å². The van der Waals surface area contributed by atoms with Crippen molar-refractivity contribution < 1.29 is 28.6 Å². The molecule has 3 aliphatic heterocycles. The van der Waals surface area contributed by atoms with Crippen LogP contribution in [0.25, 0.3) is 0 Å². The molecule has 33 heavy (non-hydrogen) atoms. The molecular weight excluding hydrogens is 424 g/mol. The molecule has 0 unspecified atom stereocenters. The first-order valence-corrected chi connectivity index (χ1v) is 10.9. The Bertz CT molecular complexity index is 1140. The largest absolute Gasteiger partial charge is 0.497 e. The molecule has 3 aliphatic rings. The van der Waals surface area contributed by atoms with Crippen LogP contribution in [0.4, 0.5) is 11.4 Å². The smallest absolute Gasteiger partial charge is 0.338 e. The highest BCUT2D eigenvalue weighted by Gasteiger charge is 2.67. The number of carbonyl (C=O) groups is 3. The van der Waals surface area contributed by atoms with Crippen molar-refractivity contribution in [1.82, 2.24) is 0 Å². The van der Waals surface area contributed by atoms with Gasteiger partial charge in [-0.15, -0.1) is 0 Å². The molecule has 2 aromatic rings. The number of nitrogens with zero attached hydrogens (tertiary/aromatic N) is 1. The number of esters is 1. The molecule has 2 amide bonds. The van der Waals surface area contributed by atoms with Crippen LogP contribution in [0.2, 0.25) is 0 Å². The lowest BCUT2D eigenvalue weighted by Crippen LogP contribution is -2.41. The van der Waals surface area contributed by atoms with Gasteiger partial charge in [0.25, 0.3) is 0 Å². The molecule has 1 N–H and O–H groups in total. The van der Waals surface area contributed by atoms with Crippen LogP contribution in [-0.4, -0.2) is 49.8 Å². The topological polar surface area (TPSA) is 94.2 Å². The van der Waals surface area contributed by atoms with Crippen molar-refractivity contribution in [3.63, 3.8) is 0 Å². The summed E-state index contributed by atoms with van der Waals surface area (Å²) in [5.41, 5.74) is 0.712. The number of anilines is 2. The van der Waals surface area contributed by atoms with Crippen molar-refractivity contribution in [2.24, 2.45) is 11.8 Å². The van der Waals surface area contributed by atoms with Gasteiger partial charge in [0.05, 0.1) is 43.8 Å². The third-order valence-electron chi connectivity index (χ3n) is 6.43. The molecule has 0 radical (unpaired) electrons. The molecule has 3 heterocycles. The van der Waals surface area contributed by atoms with E-state index >= 15 is 0 Å². The number of rotatable bonds is 6. The third-order valence-corrected chi connectivity index (χ3v) is 6.43. The van der Waals surface area contributed by atoms with E-state index in [-0.39, 0.29) is 18.4 Å². The Morgan fingerprint density at radius 2 is 2.00 bits per heavy atom. The van der Waals surface area contributed by atoms with Gasteiger partial charge in [0.2, 0.25) is 11.8 Å². The Kier molecular flexibility index (Phi) is 5.17. The van der Waals surface area contributed by atoms with Gasteiger partial charge in [-0.2, -0.15) is 0 Å². The van der Waals surface area contributed by atoms with Crippen LogP contribution in [0.3, 0.4) is 0 Å². The Balaban J connectivity index is 1.37. The molecule has 0 aliphatic carbocycles. The second-order valence-corrected chi connectivity index (χ2v) is 8.31. The number of hydrogen-bond acceptors (Lipinski definition) is 6. The first-order chi connectivity index (χ1) is 16.0. The molecule has 4 atom stereocenters. The molecule has 8 heteroatoms. The summed E-state index contributed by atoms with van der Waals surface area (Å²) in [6.07, 6.45) is 3.31. The van der Waals surface area contributed by atoms with Crippen LogP contribution in [-0.2, 0) is 19.1 Å². The highest BCUT2D eigenvalue weighted by molar-refractivity contribution is 6.05. The molecule has 1 spiro atoms. The minimum Gasteiger partial charge on any atom is -0.497 e. The Morgan fingerprint density at radius 1 is 1.21 bits per heavy atom. The van der Waals surface area contributed by atoms with Gasteiger partial charge in [0.15, 0.2) is 0 Å². The van der Waals surface area contributed by atoms with E-state index in [1.807, 2.05) is 24.3 Å². The minimum atomic E-state index is -0.823. The number of amides is 2. The monoisotopic (exact) mass is 448 g/mol. The first-order valence-electron chi connectivity index (χ1n) is 10.9. The zero-order valence-corrected chi connectivity index (χ0v) is 18.3. The van der Waals surface area contributed by atoms with Gasteiger partial charge in [-0.1, -0.05) is 18.2 Å². The zero-order valence-electron chi connectivity index (χ0n) is 18.3. The quantitative estimate of drug-likeness (QED) is 0.540. The van der Waals surface area contributed by atoms with Gasteiger partial charge in [-0.25, -0.2) is 4.79 Å². The first kappa shape index (κ1) is 21.2. The lowest BCUT2D eigenvalue weighted by molar-refractivity contribution is -0.128. The van der Waals surface area contributed by atoms with Crippen molar-refractivity contribution >= 4 is 29.2 Å². The fourth-order valence-electron chi connectivity index (χ4n) is 4.94. The van der Waals surface area contributed by atoms with E-state index in [9.17, 15) is 14.4 Å². The summed E-state index contributed by atoms with van der Waals surface area (Å²) < 4.78 is 16.4. The second kappa shape index (κ2) is 8.04. The molecule has 2 saturated heterocycles. The molecule has 2 bridgehead atoms. The summed E-state index contributed by atoms with van der Waals surface area (Å²) in [5.74, 6) is -1.52. The SMILES string of the molecule is CCOC(=O)c1cccc(NC(=O)[C@H]2[C@H]3C(=O)N(c4ccc(OC)cc4)C[C@@]34C=C[C@H]2O4)c1. The maximum Gasteiger partial charge on any atom is 0.338 e. The molecule has 2 fully saturated rings. The molecule has 5 rings (SSSR count). The average molecular weight is 448 g/mol. The van der Waals surface area contributed by atoms with Crippen LogP contribution in [0.15, 0.2) is 60.7 Å². The highest BCUT2D eigenvalue weighted by atomic mass is 16.5.